The second kappa shape index (κ2) is 10.9. The Balaban J connectivity index is 1.09. The fraction of sp³-hybridized carbons (Fsp3) is 0.594. The van der Waals surface area contributed by atoms with Gasteiger partial charge in [-0.15, -0.1) is 11.3 Å². The maximum absolute atomic E-state index is 13.8. The molecule has 8 heteroatoms. The minimum absolute atomic E-state index is 0.166. The van der Waals surface area contributed by atoms with E-state index in [1.54, 1.807) is 7.11 Å². The van der Waals surface area contributed by atoms with Gasteiger partial charge in [-0.1, -0.05) is 6.92 Å². The number of hydrogen-bond acceptors (Lipinski definition) is 6. The first kappa shape index (κ1) is 27.5. The van der Waals surface area contributed by atoms with Crippen LogP contribution in [0.5, 0.6) is 5.88 Å². The van der Waals surface area contributed by atoms with E-state index in [0.29, 0.717) is 36.3 Å². The number of carbonyl (C=O) groups excluding carboxylic acids is 1. The van der Waals surface area contributed by atoms with E-state index in [2.05, 4.69) is 59.6 Å². The number of methoxy groups -OCH3 is 1. The van der Waals surface area contributed by atoms with E-state index >= 15 is 0 Å². The highest BCUT2D eigenvalue weighted by atomic mass is 32.1. The van der Waals surface area contributed by atoms with Crippen LogP contribution in [0.3, 0.4) is 0 Å². The van der Waals surface area contributed by atoms with Crippen LogP contribution in [0.15, 0.2) is 18.5 Å². The molecule has 0 N–H and O–H groups in total. The van der Waals surface area contributed by atoms with Crippen molar-refractivity contribution in [3.8, 4) is 5.88 Å². The summed E-state index contributed by atoms with van der Waals surface area (Å²) in [5.74, 6) is 1.99. The molecule has 1 aliphatic carbocycles. The number of ether oxygens (including phenoxy) is 1. The largest absolute Gasteiger partial charge is 0.481 e. The summed E-state index contributed by atoms with van der Waals surface area (Å²) >= 11 is 1.91. The Morgan fingerprint density at radius 2 is 1.85 bits per heavy atom. The zero-order chi connectivity index (χ0) is 28.1. The molecule has 3 aliphatic rings. The topological polar surface area (TPSA) is 63.5 Å². The van der Waals surface area contributed by atoms with Crippen molar-refractivity contribution >= 4 is 17.2 Å². The Morgan fingerprint density at radius 3 is 2.52 bits per heavy atom. The molecule has 5 heterocycles. The summed E-state index contributed by atoms with van der Waals surface area (Å²) in [5, 5.41) is 4.52. The van der Waals surface area contributed by atoms with Gasteiger partial charge in [-0.2, -0.15) is 5.10 Å². The molecule has 0 aromatic carbocycles. The molecular weight excluding hydrogens is 518 g/mol. The second-order valence-electron chi connectivity index (χ2n) is 12.4. The van der Waals surface area contributed by atoms with Crippen LogP contribution in [0.4, 0.5) is 0 Å². The molecule has 7 nitrogen and oxygen atoms in total. The zero-order valence-corrected chi connectivity index (χ0v) is 25.7. The minimum atomic E-state index is 0.166. The molecule has 40 heavy (non-hydrogen) atoms. The summed E-state index contributed by atoms with van der Waals surface area (Å²) in [6.45, 7) is 14.3. The molecule has 1 amide bonds. The number of thiophene rings is 1. The number of aromatic nitrogens is 3. The second-order valence-corrected chi connectivity index (χ2v) is 13.5. The van der Waals surface area contributed by atoms with Crippen molar-refractivity contribution in [1.29, 1.82) is 0 Å². The number of fused-ring (bicyclic) bond motifs is 1. The summed E-state index contributed by atoms with van der Waals surface area (Å²) in [4.78, 5) is 25.7. The van der Waals surface area contributed by atoms with E-state index in [-0.39, 0.29) is 5.91 Å². The van der Waals surface area contributed by atoms with Crippen LogP contribution in [-0.2, 0) is 13.0 Å². The molecule has 6 rings (SSSR count). The molecule has 1 saturated heterocycles. The summed E-state index contributed by atoms with van der Waals surface area (Å²) in [5.41, 5.74) is 6.49. The van der Waals surface area contributed by atoms with Crippen LogP contribution < -0.4 is 4.74 Å². The van der Waals surface area contributed by atoms with Gasteiger partial charge in [-0.3, -0.25) is 14.4 Å². The number of nitrogens with zero attached hydrogens (tertiary/aromatic N) is 5. The molecule has 3 aromatic rings. The van der Waals surface area contributed by atoms with Crippen LogP contribution in [0.1, 0.15) is 92.6 Å². The Kier molecular flexibility index (Phi) is 7.51. The summed E-state index contributed by atoms with van der Waals surface area (Å²) < 4.78 is 7.74. The highest BCUT2D eigenvalue weighted by molar-refractivity contribution is 7.12. The molecule has 214 valence electrons. The monoisotopic (exact) mass is 561 g/mol. The Morgan fingerprint density at radius 1 is 1.10 bits per heavy atom. The minimum Gasteiger partial charge on any atom is -0.481 e. The van der Waals surface area contributed by atoms with E-state index in [4.69, 9.17) is 4.74 Å². The van der Waals surface area contributed by atoms with Gasteiger partial charge in [0.15, 0.2) is 0 Å². The van der Waals surface area contributed by atoms with Gasteiger partial charge in [0.1, 0.15) is 0 Å². The van der Waals surface area contributed by atoms with Gasteiger partial charge in [0.05, 0.1) is 31.5 Å². The van der Waals surface area contributed by atoms with Gasteiger partial charge in [0, 0.05) is 59.3 Å². The van der Waals surface area contributed by atoms with Crippen LogP contribution in [0, 0.1) is 33.6 Å². The molecule has 0 bridgehead atoms. The molecule has 1 saturated carbocycles. The predicted octanol–water partition coefficient (Wildman–Crippen LogP) is 6.00. The van der Waals surface area contributed by atoms with Gasteiger partial charge in [-0.05, 0) is 88.0 Å². The third kappa shape index (κ3) is 4.98. The zero-order valence-electron chi connectivity index (χ0n) is 24.9. The number of pyridine rings is 1. The van der Waals surface area contributed by atoms with Crippen molar-refractivity contribution in [2.24, 2.45) is 5.92 Å². The molecule has 1 unspecified atom stereocenters. The molecule has 3 aromatic heterocycles. The lowest BCUT2D eigenvalue weighted by Crippen LogP contribution is -2.53. The number of hydrogen-bond donors (Lipinski definition) is 0. The molecule has 1 atom stereocenters. The quantitative estimate of drug-likeness (QED) is 0.354. The lowest BCUT2D eigenvalue weighted by molar-refractivity contribution is 0.0269. The van der Waals surface area contributed by atoms with Crippen molar-refractivity contribution in [2.45, 2.75) is 91.3 Å². The smallest absolute Gasteiger partial charge is 0.255 e. The van der Waals surface area contributed by atoms with Crippen LogP contribution in [0.25, 0.3) is 0 Å². The molecule has 0 radical (unpaired) electrons. The summed E-state index contributed by atoms with van der Waals surface area (Å²) in [6, 6.07) is 3.32. The first-order valence-corrected chi connectivity index (χ1v) is 15.7. The normalized spacial score (nSPS) is 22.8. The summed E-state index contributed by atoms with van der Waals surface area (Å²) in [7, 11) is 1.66. The third-order valence-corrected chi connectivity index (χ3v) is 11.3. The van der Waals surface area contributed by atoms with E-state index in [1.165, 1.54) is 46.6 Å². The van der Waals surface area contributed by atoms with Crippen molar-refractivity contribution in [1.82, 2.24) is 24.6 Å². The van der Waals surface area contributed by atoms with Crippen molar-refractivity contribution < 1.29 is 9.53 Å². The number of carbonyl (C=O) groups is 1. The van der Waals surface area contributed by atoms with Gasteiger partial charge in [0.25, 0.3) is 5.91 Å². The van der Waals surface area contributed by atoms with E-state index < -0.39 is 0 Å². The Labute approximate surface area is 242 Å². The number of amides is 1. The van der Waals surface area contributed by atoms with Crippen molar-refractivity contribution in [3.05, 3.63) is 61.7 Å². The Bertz CT molecular complexity index is 1400. The van der Waals surface area contributed by atoms with Crippen LogP contribution in [0.2, 0.25) is 0 Å². The predicted molar refractivity (Wildman–Crippen MR) is 159 cm³/mol. The van der Waals surface area contributed by atoms with Crippen LogP contribution in [-0.4, -0.2) is 63.3 Å². The highest BCUT2D eigenvalue weighted by Crippen LogP contribution is 2.44. The first-order chi connectivity index (χ1) is 19.2. The number of aryl methyl sites for hydroxylation is 3. The fourth-order valence-electron chi connectivity index (χ4n) is 7.28. The van der Waals surface area contributed by atoms with Gasteiger partial charge in [-0.25, -0.2) is 4.98 Å². The highest BCUT2D eigenvalue weighted by Gasteiger charge is 2.38. The van der Waals surface area contributed by atoms with E-state index in [1.807, 2.05) is 29.4 Å². The van der Waals surface area contributed by atoms with Gasteiger partial charge in [0.2, 0.25) is 5.88 Å². The summed E-state index contributed by atoms with van der Waals surface area (Å²) in [6.07, 6.45) is 10.2. The van der Waals surface area contributed by atoms with Gasteiger partial charge >= 0.3 is 0 Å². The molecular formula is C32H43N5O2S. The number of rotatable bonds is 7. The van der Waals surface area contributed by atoms with Crippen molar-refractivity contribution in [2.75, 3.05) is 26.7 Å². The average molecular weight is 562 g/mol. The fourth-order valence-corrected chi connectivity index (χ4v) is 8.71. The standard InChI is InChI=1S/C32H43N5O2S/c1-19-14-33-37(15-19)26-16-36(17-26)25-9-7-24(8-10-25)22(4)30-23(5)29-28(40-30)11-12-35(32(29)38)18-27-20(2)13-21(3)34-31(27)39-6/h13-15,22,24-26H,7-12,16-18H2,1-6H3. The maximum atomic E-state index is 13.8. The lowest BCUT2D eigenvalue weighted by atomic mass is 9.76. The van der Waals surface area contributed by atoms with Crippen LogP contribution >= 0.6 is 11.3 Å². The molecule has 0 spiro atoms. The number of likely N-dealkylation sites (tertiary alicyclic amines) is 1. The average Bonchev–Trinajstić information content (AvgIpc) is 3.49. The van der Waals surface area contributed by atoms with E-state index in [9.17, 15) is 4.79 Å². The lowest BCUT2D eigenvalue weighted by Gasteiger charge is -2.47. The maximum Gasteiger partial charge on any atom is 0.255 e. The van der Waals surface area contributed by atoms with E-state index in [0.717, 1.165) is 48.4 Å². The molecule has 2 fully saturated rings. The first-order valence-electron chi connectivity index (χ1n) is 14.9. The Hall–Kier alpha value is -2.71. The van der Waals surface area contributed by atoms with Gasteiger partial charge < -0.3 is 9.64 Å². The molecule has 2 aliphatic heterocycles. The third-order valence-electron chi connectivity index (χ3n) is 9.72. The SMILES string of the molecule is COc1nc(C)cc(C)c1CN1CCc2sc(C(C)C3CCC(N4CC(n5cc(C)cn5)C4)CC3)c(C)c2C1=O. The van der Waals surface area contributed by atoms with Crippen molar-refractivity contribution in [3.63, 3.8) is 0 Å².